The van der Waals surface area contributed by atoms with Gasteiger partial charge in [-0.2, -0.15) is 9.67 Å². The number of aromatic nitrogens is 5. The molecule has 0 fully saturated rings. The Kier molecular flexibility index (Phi) is 3.68. The predicted molar refractivity (Wildman–Crippen MR) is 66.5 cm³/mol. The topological polar surface area (TPSA) is 104 Å². The number of rotatable bonds is 5. The number of methoxy groups -OCH3 is 1. The van der Waals surface area contributed by atoms with E-state index in [1.165, 1.54) is 11.0 Å². The average Bonchev–Trinajstić information content (AvgIpc) is 2.71. The monoisotopic (exact) mass is 249 g/mol. The summed E-state index contributed by atoms with van der Waals surface area (Å²) in [5, 5.41) is 7.22. The summed E-state index contributed by atoms with van der Waals surface area (Å²) in [6, 6.07) is 1.78. The number of anilines is 2. The Hall–Kier alpha value is -2.22. The molecular weight excluding hydrogens is 234 g/mol. The molecule has 2 aromatic rings. The molecule has 0 saturated carbocycles. The van der Waals surface area contributed by atoms with E-state index in [-0.39, 0.29) is 5.95 Å². The minimum absolute atomic E-state index is 0.271. The van der Waals surface area contributed by atoms with Crippen molar-refractivity contribution in [1.29, 1.82) is 0 Å². The Morgan fingerprint density at radius 3 is 3.00 bits per heavy atom. The lowest BCUT2D eigenvalue weighted by molar-refractivity contribution is 0.210. The molecule has 3 N–H and O–H groups in total. The molecule has 2 rings (SSSR count). The van der Waals surface area contributed by atoms with Crippen molar-refractivity contribution in [2.24, 2.45) is 0 Å². The molecule has 8 heteroatoms. The van der Waals surface area contributed by atoms with Crippen molar-refractivity contribution in [2.45, 2.75) is 6.92 Å². The molecular formula is C10H15N7O. The Bertz CT molecular complexity index is 525. The van der Waals surface area contributed by atoms with Crippen LogP contribution in [0.2, 0.25) is 0 Å². The van der Waals surface area contributed by atoms with Crippen LogP contribution in [0.1, 0.15) is 5.69 Å². The minimum atomic E-state index is 0.271. The van der Waals surface area contributed by atoms with Gasteiger partial charge in [-0.25, -0.2) is 9.97 Å². The molecule has 0 saturated heterocycles. The largest absolute Gasteiger partial charge is 0.383 e. The van der Waals surface area contributed by atoms with E-state index in [9.17, 15) is 0 Å². The van der Waals surface area contributed by atoms with Gasteiger partial charge in [-0.15, -0.1) is 5.10 Å². The Morgan fingerprint density at radius 2 is 2.28 bits per heavy atom. The zero-order valence-corrected chi connectivity index (χ0v) is 10.3. The van der Waals surface area contributed by atoms with Gasteiger partial charge in [0.25, 0.3) is 0 Å². The molecule has 0 aliphatic rings. The summed E-state index contributed by atoms with van der Waals surface area (Å²) in [4.78, 5) is 12.2. The van der Waals surface area contributed by atoms with Gasteiger partial charge in [0.2, 0.25) is 11.9 Å². The van der Waals surface area contributed by atoms with Crippen LogP contribution in [0.25, 0.3) is 5.82 Å². The first-order chi connectivity index (χ1) is 8.70. The minimum Gasteiger partial charge on any atom is -0.383 e. The molecule has 0 aliphatic heterocycles. The van der Waals surface area contributed by atoms with E-state index >= 15 is 0 Å². The maximum Gasteiger partial charge on any atom is 0.244 e. The van der Waals surface area contributed by atoms with Gasteiger partial charge < -0.3 is 15.8 Å². The number of ether oxygens (including phenoxy) is 1. The zero-order valence-electron chi connectivity index (χ0n) is 10.3. The number of nitrogen functional groups attached to an aromatic ring is 1. The van der Waals surface area contributed by atoms with Gasteiger partial charge in [-0.3, -0.25) is 0 Å². The summed E-state index contributed by atoms with van der Waals surface area (Å²) in [5.74, 6) is 1.31. The number of hydrogen-bond donors (Lipinski definition) is 2. The third-order valence-corrected chi connectivity index (χ3v) is 2.23. The van der Waals surface area contributed by atoms with Gasteiger partial charge in [0.05, 0.1) is 6.61 Å². The highest BCUT2D eigenvalue weighted by Gasteiger charge is 2.09. The highest BCUT2D eigenvalue weighted by molar-refractivity contribution is 5.38. The van der Waals surface area contributed by atoms with E-state index in [0.717, 1.165) is 5.69 Å². The Morgan fingerprint density at radius 1 is 1.44 bits per heavy atom. The summed E-state index contributed by atoms with van der Waals surface area (Å²) in [6.45, 7) is 3.06. The molecule has 0 spiro atoms. The third-order valence-electron chi connectivity index (χ3n) is 2.23. The van der Waals surface area contributed by atoms with Gasteiger partial charge in [-0.1, -0.05) is 0 Å². The lowest BCUT2D eigenvalue weighted by Crippen LogP contribution is -2.09. The number of nitrogens with zero attached hydrogens (tertiary/aromatic N) is 5. The lowest BCUT2D eigenvalue weighted by Gasteiger charge is -2.01. The predicted octanol–water partition coefficient (Wildman–Crippen LogP) is 0.00622. The molecule has 0 amide bonds. The van der Waals surface area contributed by atoms with Crippen LogP contribution in [-0.4, -0.2) is 45.0 Å². The fraction of sp³-hybridized carbons (Fsp3) is 0.400. The standard InChI is InChI=1S/C10H15N7O/c1-7-5-8(14-6-13-7)17-9(11)15-10(16-17)12-3-4-18-2/h5-6H,3-4H2,1-2H3,(H3,11,12,15,16). The second kappa shape index (κ2) is 5.41. The first-order valence-electron chi connectivity index (χ1n) is 5.45. The first kappa shape index (κ1) is 12.2. The van der Waals surface area contributed by atoms with Crippen LogP contribution in [0.4, 0.5) is 11.9 Å². The molecule has 18 heavy (non-hydrogen) atoms. The second-order valence-corrected chi connectivity index (χ2v) is 3.64. The zero-order chi connectivity index (χ0) is 13.0. The van der Waals surface area contributed by atoms with Gasteiger partial charge in [0.15, 0.2) is 5.82 Å². The van der Waals surface area contributed by atoms with Crippen molar-refractivity contribution in [3.8, 4) is 5.82 Å². The van der Waals surface area contributed by atoms with Crippen LogP contribution in [0.5, 0.6) is 0 Å². The maximum atomic E-state index is 5.79. The van der Waals surface area contributed by atoms with Crippen LogP contribution in [0.15, 0.2) is 12.4 Å². The maximum absolute atomic E-state index is 5.79. The van der Waals surface area contributed by atoms with Crippen molar-refractivity contribution >= 4 is 11.9 Å². The summed E-state index contributed by atoms with van der Waals surface area (Å²) < 4.78 is 6.39. The van der Waals surface area contributed by atoms with Gasteiger partial charge in [0.1, 0.15) is 6.33 Å². The second-order valence-electron chi connectivity index (χ2n) is 3.64. The highest BCUT2D eigenvalue weighted by Crippen LogP contribution is 2.11. The molecule has 2 heterocycles. The molecule has 0 aliphatic carbocycles. The normalized spacial score (nSPS) is 10.6. The van der Waals surface area contributed by atoms with E-state index in [1.807, 2.05) is 6.92 Å². The van der Waals surface area contributed by atoms with E-state index in [1.54, 1.807) is 13.2 Å². The molecule has 0 aromatic carbocycles. The van der Waals surface area contributed by atoms with Crippen molar-refractivity contribution < 1.29 is 4.74 Å². The van der Waals surface area contributed by atoms with Gasteiger partial charge in [-0.05, 0) is 6.92 Å². The van der Waals surface area contributed by atoms with Crippen molar-refractivity contribution in [1.82, 2.24) is 24.7 Å². The fourth-order valence-electron chi connectivity index (χ4n) is 1.39. The van der Waals surface area contributed by atoms with Gasteiger partial charge in [0, 0.05) is 25.4 Å². The van der Waals surface area contributed by atoms with E-state index in [4.69, 9.17) is 10.5 Å². The summed E-state index contributed by atoms with van der Waals surface area (Å²) in [6.07, 6.45) is 1.46. The fourth-order valence-corrected chi connectivity index (χ4v) is 1.39. The number of nitrogens with two attached hydrogens (primary N) is 1. The summed E-state index contributed by atoms with van der Waals surface area (Å²) >= 11 is 0. The quantitative estimate of drug-likeness (QED) is 0.719. The SMILES string of the molecule is COCCNc1nc(N)n(-c2cc(C)ncn2)n1. The van der Waals surface area contributed by atoms with Crippen molar-refractivity contribution in [3.05, 3.63) is 18.1 Å². The summed E-state index contributed by atoms with van der Waals surface area (Å²) in [7, 11) is 1.63. The first-order valence-corrected chi connectivity index (χ1v) is 5.45. The van der Waals surface area contributed by atoms with E-state index in [2.05, 4.69) is 25.4 Å². The average molecular weight is 249 g/mol. The van der Waals surface area contributed by atoms with Crippen molar-refractivity contribution in [3.63, 3.8) is 0 Å². The van der Waals surface area contributed by atoms with Crippen LogP contribution >= 0.6 is 0 Å². The third kappa shape index (κ3) is 2.72. The van der Waals surface area contributed by atoms with Crippen LogP contribution < -0.4 is 11.1 Å². The lowest BCUT2D eigenvalue weighted by atomic mass is 10.4. The molecule has 0 unspecified atom stereocenters. The van der Waals surface area contributed by atoms with Crippen LogP contribution in [-0.2, 0) is 4.74 Å². The van der Waals surface area contributed by atoms with Crippen LogP contribution in [0.3, 0.4) is 0 Å². The van der Waals surface area contributed by atoms with Gasteiger partial charge >= 0.3 is 0 Å². The Labute approximate surface area is 104 Å². The molecule has 8 nitrogen and oxygen atoms in total. The molecule has 2 aromatic heterocycles. The molecule has 96 valence electrons. The number of nitrogens with one attached hydrogen (secondary N) is 1. The number of hydrogen-bond acceptors (Lipinski definition) is 7. The van der Waals surface area contributed by atoms with E-state index < -0.39 is 0 Å². The molecule has 0 bridgehead atoms. The van der Waals surface area contributed by atoms with Crippen molar-refractivity contribution in [2.75, 3.05) is 31.3 Å². The van der Waals surface area contributed by atoms with Crippen LogP contribution in [0, 0.1) is 6.92 Å². The Balaban J connectivity index is 2.18. The molecule has 0 radical (unpaired) electrons. The molecule has 0 atom stereocenters. The highest BCUT2D eigenvalue weighted by atomic mass is 16.5. The number of aryl methyl sites for hydroxylation is 1. The van der Waals surface area contributed by atoms with E-state index in [0.29, 0.717) is 24.9 Å². The smallest absolute Gasteiger partial charge is 0.244 e. The summed E-state index contributed by atoms with van der Waals surface area (Å²) in [5.41, 5.74) is 6.62.